The Kier molecular flexibility index (Phi) is 5.56. The largest absolute Gasteiger partial charge is 0.465 e. The van der Waals surface area contributed by atoms with E-state index >= 15 is 0 Å². The maximum absolute atomic E-state index is 12.5. The number of hydrogen-bond donors (Lipinski definition) is 2. The minimum Gasteiger partial charge on any atom is -0.465 e. The molecule has 3 amide bonds. The predicted octanol–water partition coefficient (Wildman–Crippen LogP) is 1.87. The van der Waals surface area contributed by atoms with Gasteiger partial charge in [0.25, 0.3) is 0 Å². The van der Waals surface area contributed by atoms with Crippen LogP contribution in [0.4, 0.5) is 9.59 Å². The molecule has 1 saturated heterocycles. The van der Waals surface area contributed by atoms with Gasteiger partial charge < -0.3 is 15.2 Å². The number of nitrogens with one attached hydrogen (secondary N) is 1. The Bertz CT molecular complexity index is 575. The molecule has 1 aliphatic rings. The van der Waals surface area contributed by atoms with E-state index in [4.69, 9.17) is 9.84 Å². The molecular formula is C16H20N2O5. The number of ether oxygens (including phenoxy) is 1. The molecule has 23 heavy (non-hydrogen) atoms. The third kappa shape index (κ3) is 4.45. The Balaban J connectivity index is 1.98. The van der Waals surface area contributed by atoms with Gasteiger partial charge in [-0.3, -0.25) is 4.79 Å². The Morgan fingerprint density at radius 1 is 1.39 bits per heavy atom. The summed E-state index contributed by atoms with van der Waals surface area (Å²) in [4.78, 5) is 36.0. The number of carbonyl (C=O) groups is 3. The first kappa shape index (κ1) is 16.8. The number of cyclic esters (lactones) is 1. The molecule has 0 radical (unpaired) electrons. The van der Waals surface area contributed by atoms with Gasteiger partial charge in [0.05, 0.1) is 6.04 Å². The first-order chi connectivity index (χ1) is 11.0. The summed E-state index contributed by atoms with van der Waals surface area (Å²) in [5, 5.41) is 10.8. The molecule has 2 atom stereocenters. The summed E-state index contributed by atoms with van der Waals surface area (Å²) in [6.45, 7) is 2.02. The van der Waals surface area contributed by atoms with E-state index in [-0.39, 0.29) is 25.1 Å². The fraction of sp³-hybridized carbons (Fsp3) is 0.438. The molecule has 7 nitrogen and oxygen atoms in total. The Hall–Kier alpha value is -2.57. The summed E-state index contributed by atoms with van der Waals surface area (Å²) in [5.41, 5.74) is 1.02. The number of nitrogens with zero attached hydrogens (tertiary/aromatic N) is 1. The molecule has 124 valence electrons. The average Bonchev–Trinajstić information content (AvgIpc) is 2.87. The highest BCUT2D eigenvalue weighted by molar-refractivity contribution is 5.94. The van der Waals surface area contributed by atoms with Crippen molar-refractivity contribution in [2.75, 3.05) is 13.2 Å². The third-order valence-corrected chi connectivity index (χ3v) is 3.79. The van der Waals surface area contributed by atoms with Crippen LogP contribution in [0.5, 0.6) is 0 Å². The molecule has 1 aromatic carbocycles. The molecule has 0 aromatic heterocycles. The topological polar surface area (TPSA) is 95.9 Å². The van der Waals surface area contributed by atoms with Crippen molar-refractivity contribution in [2.45, 2.75) is 25.8 Å². The third-order valence-electron chi connectivity index (χ3n) is 3.79. The van der Waals surface area contributed by atoms with Crippen molar-refractivity contribution in [3.63, 3.8) is 0 Å². The van der Waals surface area contributed by atoms with Gasteiger partial charge in [-0.15, -0.1) is 0 Å². The second kappa shape index (κ2) is 7.62. The van der Waals surface area contributed by atoms with Crippen LogP contribution in [0.3, 0.4) is 0 Å². The number of carboxylic acid groups (broad SMARTS) is 1. The number of hydrogen-bond acceptors (Lipinski definition) is 4. The molecule has 0 unspecified atom stereocenters. The average molecular weight is 320 g/mol. The van der Waals surface area contributed by atoms with Gasteiger partial charge in [-0.25, -0.2) is 14.5 Å². The van der Waals surface area contributed by atoms with Crippen LogP contribution in [0.25, 0.3) is 0 Å². The molecule has 2 N–H and O–H groups in total. The van der Waals surface area contributed by atoms with Crippen LogP contribution >= 0.6 is 0 Å². The monoisotopic (exact) mass is 320 g/mol. The minimum atomic E-state index is -1.13. The van der Waals surface area contributed by atoms with Gasteiger partial charge >= 0.3 is 12.2 Å². The summed E-state index contributed by atoms with van der Waals surface area (Å²) in [5.74, 6) is -0.800. The van der Waals surface area contributed by atoms with Crippen molar-refractivity contribution in [2.24, 2.45) is 5.92 Å². The lowest BCUT2D eigenvalue weighted by Gasteiger charge is -2.23. The number of rotatable bonds is 6. The van der Waals surface area contributed by atoms with E-state index in [2.05, 4.69) is 5.32 Å². The zero-order chi connectivity index (χ0) is 16.8. The van der Waals surface area contributed by atoms with E-state index in [9.17, 15) is 14.4 Å². The van der Waals surface area contributed by atoms with E-state index in [0.29, 0.717) is 12.8 Å². The number of amides is 3. The van der Waals surface area contributed by atoms with Crippen molar-refractivity contribution in [3.8, 4) is 0 Å². The molecule has 0 saturated carbocycles. The Labute approximate surface area is 134 Å². The van der Waals surface area contributed by atoms with Gasteiger partial charge in [-0.05, 0) is 18.4 Å². The molecule has 7 heteroatoms. The fourth-order valence-corrected chi connectivity index (χ4v) is 2.52. The normalized spacial score (nSPS) is 18.4. The fourth-order valence-electron chi connectivity index (χ4n) is 2.52. The summed E-state index contributed by atoms with van der Waals surface area (Å²) in [7, 11) is 0. The Morgan fingerprint density at radius 2 is 2.09 bits per heavy atom. The van der Waals surface area contributed by atoms with Crippen LogP contribution in [0.2, 0.25) is 0 Å². The summed E-state index contributed by atoms with van der Waals surface area (Å²) >= 11 is 0. The predicted molar refractivity (Wildman–Crippen MR) is 81.9 cm³/mol. The first-order valence-electron chi connectivity index (χ1n) is 7.49. The van der Waals surface area contributed by atoms with Gasteiger partial charge in [0.1, 0.15) is 6.61 Å². The maximum Gasteiger partial charge on any atom is 0.416 e. The van der Waals surface area contributed by atoms with Crippen LogP contribution in [-0.2, 0) is 16.0 Å². The molecule has 2 rings (SSSR count). The standard InChI is InChI=1S/C16H20N2O5/c1-11(7-8-17-15(20)21)14(19)18-13(10-23-16(18)22)9-12-5-3-2-4-6-12/h2-6,11,13,17H,7-10H2,1H3,(H,20,21)/t11-,13+/m1/s1. The van der Waals surface area contributed by atoms with Crippen LogP contribution in [0.15, 0.2) is 30.3 Å². The molecule has 0 bridgehead atoms. The van der Waals surface area contributed by atoms with Crippen LogP contribution in [0.1, 0.15) is 18.9 Å². The van der Waals surface area contributed by atoms with E-state index in [0.717, 1.165) is 5.56 Å². The van der Waals surface area contributed by atoms with Crippen LogP contribution in [-0.4, -0.2) is 47.3 Å². The molecular weight excluding hydrogens is 300 g/mol. The number of imide groups is 1. The molecule has 0 aliphatic carbocycles. The minimum absolute atomic E-state index is 0.161. The molecule has 1 aliphatic heterocycles. The molecule has 1 fully saturated rings. The van der Waals surface area contributed by atoms with Crippen LogP contribution < -0.4 is 5.32 Å². The molecule has 1 heterocycles. The highest BCUT2D eigenvalue weighted by Crippen LogP contribution is 2.20. The summed E-state index contributed by atoms with van der Waals surface area (Å²) in [6.07, 6.45) is -0.896. The van der Waals surface area contributed by atoms with E-state index in [1.165, 1.54) is 4.90 Å². The second-order valence-corrected chi connectivity index (χ2v) is 5.55. The summed E-state index contributed by atoms with van der Waals surface area (Å²) in [6, 6.07) is 9.25. The van der Waals surface area contributed by atoms with Gasteiger partial charge in [0.2, 0.25) is 5.91 Å². The SMILES string of the molecule is C[C@H](CCNC(=O)O)C(=O)N1C(=O)OC[C@@H]1Cc1ccccc1. The maximum atomic E-state index is 12.5. The molecule has 0 spiro atoms. The lowest BCUT2D eigenvalue weighted by Crippen LogP contribution is -2.43. The lowest BCUT2D eigenvalue weighted by molar-refractivity contribution is -0.133. The first-order valence-corrected chi connectivity index (χ1v) is 7.49. The van der Waals surface area contributed by atoms with Crippen molar-refractivity contribution < 1.29 is 24.2 Å². The number of benzene rings is 1. The Morgan fingerprint density at radius 3 is 2.74 bits per heavy atom. The second-order valence-electron chi connectivity index (χ2n) is 5.55. The van der Waals surface area contributed by atoms with E-state index < -0.39 is 18.1 Å². The van der Waals surface area contributed by atoms with Gasteiger partial charge in [-0.2, -0.15) is 0 Å². The number of carbonyl (C=O) groups excluding carboxylic acids is 2. The van der Waals surface area contributed by atoms with Gasteiger partial charge in [0, 0.05) is 12.5 Å². The smallest absolute Gasteiger partial charge is 0.416 e. The van der Waals surface area contributed by atoms with Crippen molar-refractivity contribution in [3.05, 3.63) is 35.9 Å². The highest BCUT2D eigenvalue weighted by Gasteiger charge is 2.39. The van der Waals surface area contributed by atoms with Crippen molar-refractivity contribution in [1.29, 1.82) is 0 Å². The van der Waals surface area contributed by atoms with Crippen molar-refractivity contribution >= 4 is 18.1 Å². The zero-order valence-electron chi connectivity index (χ0n) is 12.9. The van der Waals surface area contributed by atoms with Gasteiger partial charge in [0.15, 0.2) is 0 Å². The van der Waals surface area contributed by atoms with Crippen molar-refractivity contribution in [1.82, 2.24) is 10.2 Å². The van der Waals surface area contributed by atoms with E-state index in [1.54, 1.807) is 6.92 Å². The zero-order valence-corrected chi connectivity index (χ0v) is 12.9. The van der Waals surface area contributed by atoms with Crippen LogP contribution in [0, 0.1) is 5.92 Å². The quantitative estimate of drug-likeness (QED) is 0.834. The lowest BCUT2D eigenvalue weighted by atomic mass is 10.0. The highest BCUT2D eigenvalue weighted by atomic mass is 16.6. The van der Waals surface area contributed by atoms with Gasteiger partial charge in [-0.1, -0.05) is 37.3 Å². The summed E-state index contributed by atoms with van der Waals surface area (Å²) < 4.78 is 5.02. The van der Waals surface area contributed by atoms with E-state index in [1.807, 2.05) is 30.3 Å². The molecule has 1 aromatic rings.